The Kier molecular flexibility index (Phi) is 2.21. The van der Waals surface area contributed by atoms with Crippen molar-refractivity contribution in [2.24, 2.45) is 12.2 Å². The van der Waals surface area contributed by atoms with Crippen molar-refractivity contribution < 1.29 is 5.21 Å². The molecule has 1 N–H and O–H groups in total. The summed E-state index contributed by atoms with van der Waals surface area (Å²) in [5.41, 5.74) is 0.0947. The molecule has 0 spiro atoms. The van der Waals surface area contributed by atoms with Crippen LogP contribution >= 0.6 is 0 Å². The topological polar surface area (TPSA) is 67.5 Å². The summed E-state index contributed by atoms with van der Waals surface area (Å²) in [5, 5.41) is 12.3. The van der Waals surface area contributed by atoms with Crippen molar-refractivity contribution in [3.8, 4) is 0 Å². The molecule has 0 bridgehead atoms. The molecule has 76 valence electrons. The summed E-state index contributed by atoms with van der Waals surface area (Å²) in [6.07, 6.45) is 1.51. The smallest absolute Gasteiger partial charge is 0.299 e. The molecule has 1 heterocycles. The molecular formula is C10H9N3O2. The van der Waals surface area contributed by atoms with Crippen LogP contribution in [0.3, 0.4) is 0 Å². The fourth-order valence-corrected chi connectivity index (χ4v) is 1.42. The van der Waals surface area contributed by atoms with Crippen molar-refractivity contribution in [3.05, 3.63) is 46.3 Å². The van der Waals surface area contributed by atoms with Gasteiger partial charge in [-0.2, -0.15) is 0 Å². The van der Waals surface area contributed by atoms with E-state index < -0.39 is 5.56 Å². The lowest BCUT2D eigenvalue weighted by atomic mass is 10.2. The fraction of sp³-hybridized carbons (Fsp3) is 0.100. The van der Waals surface area contributed by atoms with Crippen LogP contribution in [-0.2, 0) is 7.05 Å². The van der Waals surface area contributed by atoms with Crippen LogP contribution < -0.4 is 11.0 Å². The molecular weight excluding hydrogens is 194 g/mol. The second-order valence-corrected chi connectivity index (χ2v) is 3.10. The zero-order chi connectivity index (χ0) is 10.8. The molecule has 0 aliphatic rings. The van der Waals surface area contributed by atoms with Gasteiger partial charge in [0.2, 0.25) is 0 Å². The number of fused-ring (bicyclic) bond motifs is 1. The lowest BCUT2D eigenvalue weighted by molar-refractivity contribution is 0.297. The van der Waals surface area contributed by atoms with Gasteiger partial charge in [0.1, 0.15) is 0 Å². The number of nitrogens with zero attached hydrogens (tertiary/aromatic N) is 3. The molecule has 0 saturated carbocycles. The highest BCUT2D eigenvalue weighted by molar-refractivity contribution is 5.77. The van der Waals surface area contributed by atoms with Gasteiger partial charge >= 0.3 is 0 Å². The Morgan fingerprint density at radius 3 is 2.87 bits per heavy atom. The average molecular weight is 203 g/mol. The van der Waals surface area contributed by atoms with Gasteiger partial charge in [-0.15, -0.1) is 0 Å². The Labute approximate surface area is 84.9 Å². The molecule has 1 aromatic carbocycles. The van der Waals surface area contributed by atoms with Crippen LogP contribution in [0.25, 0.3) is 10.9 Å². The summed E-state index contributed by atoms with van der Waals surface area (Å²) in [6.45, 7) is 0. The molecule has 5 nitrogen and oxygen atoms in total. The van der Waals surface area contributed by atoms with E-state index in [-0.39, 0.29) is 5.49 Å². The van der Waals surface area contributed by atoms with Gasteiger partial charge in [0.15, 0.2) is 0 Å². The molecule has 1 aromatic heterocycles. The molecule has 0 unspecified atom stereocenters. The highest BCUT2D eigenvalue weighted by Gasteiger charge is 1.99. The quantitative estimate of drug-likeness (QED) is 0.492. The fourth-order valence-electron chi connectivity index (χ4n) is 1.42. The molecule has 2 aromatic rings. The first-order valence-corrected chi connectivity index (χ1v) is 4.37. The minimum absolute atomic E-state index is 0.214. The molecule has 0 atom stereocenters. The molecule has 0 amide bonds. The number of para-hydroxylation sites is 1. The third-order valence-corrected chi connectivity index (χ3v) is 2.21. The van der Waals surface area contributed by atoms with Gasteiger partial charge in [-0.25, -0.2) is 4.98 Å². The molecule has 0 radical (unpaired) electrons. The van der Waals surface area contributed by atoms with Crippen LogP contribution in [0.1, 0.15) is 0 Å². The van der Waals surface area contributed by atoms with E-state index in [1.54, 1.807) is 13.1 Å². The van der Waals surface area contributed by atoms with Gasteiger partial charge in [-0.1, -0.05) is 23.4 Å². The van der Waals surface area contributed by atoms with Crippen molar-refractivity contribution in [2.75, 3.05) is 0 Å². The van der Waals surface area contributed by atoms with Gasteiger partial charge in [0.25, 0.3) is 11.0 Å². The van der Waals surface area contributed by atoms with Crippen LogP contribution in [0.4, 0.5) is 0 Å². The van der Waals surface area contributed by atoms with E-state index >= 15 is 0 Å². The largest absolute Gasteiger partial charge is 0.409 e. The minimum atomic E-state index is -0.432. The minimum Gasteiger partial charge on any atom is -0.409 e. The van der Waals surface area contributed by atoms with Crippen molar-refractivity contribution >= 4 is 10.9 Å². The second kappa shape index (κ2) is 3.53. The Hall–Kier alpha value is -2.17. The van der Waals surface area contributed by atoms with Gasteiger partial charge in [0.05, 0.1) is 5.52 Å². The molecule has 0 aliphatic carbocycles. The first kappa shape index (κ1) is 9.39. The van der Waals surface area contributed by atoms with E-state index in [4.69, 9.17) is 5.21 Å². The SMILES string of the molecule is Cn1c(=O)c(=NO)ncc2ccccc21. The molecule has 0 aliphatic heterocycles. The Morgan fingerprint density at radius 1 is 1.40 bits per heavy atom. The van der Waals surface area contributed by atoms with Crippen LogP contribution in [0.5, 0.6) is 0 Å². The molecule has 15 heavy (non-hydrogen) atoms. The van der Waals surface area contributed by atoms with Gasteiger partial charge in [-0.3, -0.25) is 4.79 Å². The van der Waals surface area contributed by atoms with E-state index in [1.807, 2.05) is 18.2 Å². The third kappa shape index (κ3) is 1.48. The number of hydrogen-bond acceptors (Lipinski definition) is 4. The van der Waals surface area contributed by atoms with Gasteiger partial charge in [0, 0.05) is 18.6 Å². The maximum Gasteiger partial charge on any atom is 0.299 e. The van der Waals surface area contributed by atoms with E-state index in [0.29, 0.717) is 0 Å². The Morgan fingerprint density at radius 2 is 2.13 bits per heavy atom. The monoisotopic (exact) mass is 203 g/mol. The van der Waals surface area contributed by atoms with E-state index in [1.165, 1.54) is 10.8 Å². The summed E-state index contributed by atoms with van der Waals surface area (Å²) in [5.74, 6) is 0. The summed E-state index contributed by atoms with van der Waals surface area (Å²) in [7, 11) is 1.61. The summed E-state index contributed by atoms with van der Waals surface area (Å²) >= 11 is 0. The molecule has 0 fully saturated rings. The highest BCUT2D eigenvalue weighted by Crippen LogP contribution is 2.06. The van der Waals surface area contributed by atoms with Crippen molar-refractivity contribution in [1.29, 1.82) is 0 Å². The summed E-state index contributed by atoms with van der Waals surface area (Å²) in [4.78, 5) is 15.5. The van der Waals surface area contributed by atoms with E-state index in [9.17, 15) is 4.79 Å². The second-order valence-electron chi connectivity index (χ2n) is 3.10. The number of benzene rings is 1. The van der Waals surface area contributed by atoms with Crippen LogP contribution in [0.15, 0.2) is 40.4 Å². The zero-order valence-corrected chi connectivity index (χ0v) is 8.08. The predicted octanol–water partition coefficient (Wildman–Crippen LogP) is 0.223. The van der Waals surface area contributed by atoms with Crippen molar-refractivity contribution in [3.63, 3.8) is 0 Å². The predicted molar refractivity (Wildman–Crippen MR) is 54.3 cm³/mol. The first-order valence-electron chi connectivity index (χ1n) is 4.37. The molecule has 0 saturated heterocycles. The van der Waals surface area contributed by atoms with Crippen molar-refractivity contribution in [1.82, 2.24) is 9.55 Å². The maximum absolute atomic E-state index is 11.7. The van der Waals surface area contributed by atoms with E-state index in [0.717, 1.165) is 10.9 Å². The Balaban J connectivity index is 3.12. The highest BCUT2D eigenvalue weighted by atomic mass is 16.4. The number of aryl methyl sites for hydroxylation is 1. The van der Waals surface area contributed by atoms with Gasteiger partial charge in [-0.05, 0) is 6.07 Å². The van der Waals surface area contributed by atoms with Crippen LogP contribution in [0, 0.1) is 0 Å². The number of aromatic nitrogens is 2. The standard InChI is InChI=1S/C10H9N3O2/c1-13-8-5-3-2-4-7(8)6-11-9(12-15)10(13)14/h2-6,15H,1H3. The van der Waals surface area contributed by atoms with Gasteiger partial charge < -0.3 is 9.77 Å². The first-order chi connectivity index (χ1) is 7.24. The lowest BCUT2D eigenvalue weighted by Crippen LogP contribution is -2.32. The lowest BCUT2D eigenvalue weighted by Gasteiger charge is -1.96. The van der Waals surface area contributed by atoms with E-state index in [2.05, 4.69) is 10.1 Å². The number of hydrogen-bond donors (Lipinski definition) is 1. The maximum atomic E-state index is 11.7. The third-order valence-electron chi connectivity index (χ3n) is 2.21. The average Bonchev–Trinajstić information content (AvgIpc) is 2.39. The molecule has 2 rings (SSSR count). The van der Waals surface area contributed by atoms with Crippen molar-refractivity contribution in [2.45, 2.75) is 0 Å². The zero-order valence-electron chi connectivity index (χ0n) is 8.08. The number of rotatable bonds is 0. The molecule has 5 heteroatoms. The van der Waals surface area contributed by atoms with Crippen LogP contribution in [-0.4, -0.2) is 14.8 Å². The normalized spacial score (nSPS) is 11.9. The summed E-state index contributed by atoms with van der Waals surface area (Å²) in [6, 6.07) is 7.32. The Bertz CT molecular complexity index is 631. The van der Waals surface area contributed by atoms with Crippen LogP contribution in [0.2, 0.25) is 0 Å². The summed E-state index contributed by atoms with van der Waals surface area (Å²) < 4.78 is 1.40.